The van der Waals surface area contributed by atoms with Gasteiger partial charge < -0.3 is 14.8 Å². The van der Waals surface area contributed by atoms with Crippen LogP contribution in [0.5, 0.6) is 11.6 Å². The molecule has 3 aromatic rings. The van der Waals surface area contributed by atoms with Crippen LogP contribution in [0.3, 0.4) is 0 Å². The average molecular weight is 436 g/mol. The van der Waals surface area contributed by atoms with Crippen LogP contribution in [0.15, 0.2) is 54.6 Å². The van der Waals surface area contributed by atoms with E-state index < -0.39 is 11.7 Å². The molecular weight excluding hydrogens is 420 g/mol. The maximum atomic E-state index is 13.1. The number of hydrogen-bond acceptors (Lipinski definition) is 5. The maximum Gasteiger partial charge on any atom is 0.258 e. The van der Waals surface area contributed by atoms with Crippen molar-refractivity contribution in [3.05, 3.63) is 70.5 Å². The Labute approximate surface area is 176 Å². The highest BCUT2D eigenvalue weighted by molar-refractivity contribution is 6.37. The van der Waals surface area contributed by atoms with Gasteiger partial charge in [-0.25, -0.2) is 4.39 Å². The van der Waals surface area contributed by atoms with Gasteiger partial charge in [0.05, 0.1) is 22.3 Å². The van der Waals surface area contributed by atoms with Crippen molar-refractivity contribution in [3.63, 3.8) is 0 Å². The van der Waals surface area contributed by atoms with Gasteiger partial charge in [-0.15, -0.1) is 10.2 Å². The number of carbonyl (C=O) groups is 1. The number of halogens is 3. The van der Waals surface area contributed by atoms with Crippen molar-refractivity contribution in [1.82, 2.24) is 15.5 Å². The van der Waals surface area contributed by atoms with Crippen molar-refractivity contribution < 1.29 is 18.7 Å². The van der Waals surface area contributed by atoms with Crippen molar-refractivity contribution in [2.75, 3.05) is 19.8 Å². The zero-order valence-corrected chi connectivity index (χ0v) is 16.6. The maximum absolute atomic E-state index is 13.1. The zero-order chi connectivity index (χ0) is 20.6. The third-order valence-corrected chi connectivity index (χ3v) is 4.26. The zero-order valence-electron chi connectivity index (χ0n) is 15.1. The normalized spacial score (nSPS) is 10.4. The van der Waals surface area contributed by atoms with Crippen molar-refractivity contribution in [2.24, 2.45) is 0 Å². The van der Waals surface area contributed by atoms with E-state index in [4.69, 9.17) is 32.7 Å². The second kappa shape index (κ2) is 10.0. The monoisotopic (exact) mass is 435 g/mol. The van der Waals surface area contributed by atoms with Gasteiger partial charge >= 0.3 is 0 Å². The van der Waals surface area contributed by atoms with Crippen LogP contribution in [0, 0.1) is 5.82 Å². The summed E-state index contributed by atoms with van der Waals surface area (Å²) in [5.74, 6) is -0.598. The fourth-order valence-corrected chi connectivity index (χ4v) is 2.93. The first-order valence-electron chi connectivity index (χ1n) is 8.59. The van der Waals surface area contributed by atoms with E-state index in [0.29, 0.717) is 5.88 Å². The molecule has 1 N–H and O–H groups in total. The van der Waals surface area contributed by atoms with Gasteiger partial charge in [-0.2, -0.15) is 0 Å². The highest BCUT2D eigenvalue weighted by Gasteiger charge is 2.12. The predicted octanol–water partition coefficient (Wildman–Crippen LogP) is 4.16. The molecule has 1 aromatic heterocycles. The van der Waals surface area contributed by atoms with E-state index in [-0.39, 0.29) is 35.6 Å². The molecule has 0 unspecified atom stereocenters. The number of nitrogens with one attached hydrogen (secondary N) is 1. The van der Waals surface area contributed by atoms with Crippen molar-refractivity contribution in [1.29, 1.82) is 0 Å². The molecule has 0 aliphatic rings. The highest BCUT2D eigenvalue weighted by Crippen LogP contribution is 2.33. The Morgan fingerprint density at radius 2 is 1.72 bits per heavy atom. The molecule has 0 bridgehead atoms. The van der Waals surface area contributed by atoms with Crippen molar-refractivity contribution in [2.45, 2.75) is 0 Å². The lowest BCUT2D eigenvalue weighted by atomic mass is 10.1. The van der Waals surface area contributed by atoms with Crippen molar-refractivity contribution in [3.8, 4) is 22.9 Å². The van der Waals surface area contributed by atoms with Crippen LogP contribution in [0.4, 0.5) is 4.39 Å². The molecule has 9 heteroatoms. The largest absolute Gasteiger partial charge is 0.481 e. The minimum absolute atomic E-state index is 0.0105. The fourth-order valence-electron chi connectivity index (χ4n) is 2.36. The number of hydrogen-bond donors (Lipinski definition) is 1. The second-order valence-electron chi connectivity index (χ2n) is 5.81. The molecule has 0 saturated heterocycles. The summed E-state index contributed by atoms with van der Waals surface area (Å²) >= 11 is 11.7. The SMILES string of the molecule is O=C(COc1c(Cl)cc(F)cc1Cl)NCCOc1ccc(-c2ccccc2)nn1. The minimum atomic E-state index is -0.589. The highest BCUT2D eigenvalue weighted by atomic mass is 35.5. The van der Waals surface area contributed by atoms with Gasteiger partial charge in [0, 0.05) is 11.6 Å². The Morgan fingerprint density at radius 1 is 1.00 bits per heavy atom. The van der Waals surface area contributed by atoms with Crippen LogP contribution >= 0.6 is 23.2 Å². The Kier molecular flexibility index (Phi) is 7.21. The molecule has 0 atom stereocenters. The van der Waals surface area contributed by atoms with Crippen LogP contribution in [-0.2, 0) is 4.79 Å². The molecule has 0 radical (unpaired) electrons. The Balaban J connectivity index is 1.40. The summed E-state index contributed by atoms with van der Waals surface area (Å²) in [4.78, 5) is 11.8. The summed E-state index contributed by atoms with van der Waals surface area (Å²) in [6.45, 7) is 0.106. The lowest BCUT2D eigenvalue weighted by Crippen LogP contribution is -2.32. The molecule has 2 aromatic carbocycles. The van der Waals surface area contributed by atoms with Crippen molar-refractivity contribution >= 4 is 29.1 Å². The third kappa shape index (κ3) is 6.04. The molecule has 0 saturated carbocycles. The van der Waals surface area contributed by atoms with Crippen LogP contribution in [-0.4, -0.2) is 35.9 Å². The van der Waals surface area contributed by atoms with Crippen LogP contribution < -0.4 is 14.8 Å². The first kappa shape index (κ1) is 20.8. The van der Waals surface area contributed by atoms with E-state index in [1.54, 1.807) is 12.1 Å². The smallest absolute Gasteiger partial charge is 0.258 e. The summed E-state index contributed by atoms with van der Waals surface area (Å²) < 4.78 is 23.8. The number of carbonyl (C=O) groups excluding carboxylic acids is 1. The Hall–Kier alpha value is -2.90. The summed E-state index contributed by atoms with van der Waals surface area (Å²) in [6.07, 6.45) is 0. The molecule has 29 heavy (non-hydrogen) atoms. The third-order valence-electron chi connectivity index (χ3n) is 3.69. The molecule has 0 fully saturated rings. The summed E-state index contributed by atoms with van der Waals surface area (Å²) in [5.41, 5.74) is 1.70. The van der Waals surface area contributed by atoms with Gasteiger partial charge in [0.25, 0.3) is 5.91 Å². The molecule has 0 spiro atoms. The van der Waals surface area contributed by atoms with Gasteiger partial charge in [0.1, 0.15) is 12.4 Å². The van der Waals surface area contributed by atoms with Gasteiger partial charge in [0.2, 0.25) is 5.88 Å². The lowest BCUT2D eigenvalue weighted by Gasteiger charge is -2.10. The van der Waals surface area contributed by atoms with Gasteiger partial charge in [-0.05, 0) is 18.2 Å². The summed E-state index contributed by atoms with van der Waals surface area (Å²) in [5, 5.41) is 10.7. The number of ether oxygens (including phenoxy) is 2. The van der Waals surface area contributed by atoms with E-state index in [0.717, 1.165) is 23.4 Å². The number of aromatic nitrogens is 2. The summed E-state index contributed by atoms with van der Waals surface area (Å²) in [7, 11) is 0. The number of nitrogens with zero attached hydrogens (tertiary/aromatic N) is 2. The lowest BCUT2D eigenvalue weighted by molar-refractivity contribution is -0.123. The van der Waals surface area contributed by atoms with E-state index in [9.17, 15) is 9.18 Å². The number of benzene rings is 2. The molecular formula is C20H16Cl2FN3O3. The van der Waals surface area contributed by atoms with E-state index in [1.165, 1.54) is 0 Å². The average Bonchev–Trinajstić information content (AvgIpc) is 2.71. The van der Waals surface area contributed by atoms with Gasteiger partial charge in [-0.3, -0.25) is 4.79 Å². The standard InChI is InChI=1S/C20H16Cl2FN3O3/c21-15-10-14(23)11-16(22)20(15)29-12-18(27)24-8-9-28-19-7-6-17(25-26-19)13-4-2-1-3-5-13/h1-7,10-11H,8-9,12H2,(H,24,27). The minimum Gasteiger partial charge on any atom is -0.481 e. The molecule has 150 valence electrons. The molecule has 1 heterocycles. The number of rotatable bonds is 8. The second-order valence-corrected chi connectivity index (χ2v) is 6.62. The van der Waals surface area contributed by atoms with E-state index >= 15 is 0 Å². The quantitative estimate of drug-likeness (QED) is 0.537. The van der Waals surface area contributed by atoms with Crippen LogP contribution in [0.2, 0.25) is 10.0 Å². The first-order valence-corrected chi connectivity index (χ1v) is 9.34. The molecule has 0 aliphatic heterocycles. The first-order chi connectivity index (χ1) is 14.0. The van der Waals surface area contributed by atoms with E-state index in [1.807, 2.05) is 30.3 Å². The fraction of sp³-hybridized carbons (Fsp3) is 0.150. The Morgan fingerprint density at radius 3 is 2.38 bits per heavy atom. The molecule has 0 aliphatic carbocycles. The molecule has 1 amide bonds. The number of amides is 1. The van der Waals surface area contributed by atoms with Gasteiger partial charge in [-0.1, -0.05) is 53.5 Å². The van der Waals surface area contributed by atoms with Crippen LogP contribution in [0.1, 0.15) is 0 Å². The molecule has 3 rings (SSSR count). The Bertz CT molecular complexity index is 949. The van der Waals surface area contributed by atoms with Gasteiger partial charge in [0.15, 0.2) is 12.4 Å². The van der Waals surface area contributed by atoms with E-state index in [2.05, 4.69) is 15.5 Å². The molecule has 6 nitrogen and oxygen atoms in total. The predicted molar refractivity (Wildman–Crippen MR) is 108 cm³/mol. The topological polar surface area (TPSA) is 73.3 Å². The van der Waals surface area contributed by atoms with Crippen LogP contribution in [0.25, 0.3) is 11.3 Å². The summed E-state index contributed by atoms with van der Waals surface area (Å²) in [6, 6.07) is 15.3.